The maximum absolute atomic E-state index is 6.22. The van der Waals surface area contributed by atoms with Gasteiger partial charge < -0.3 is 9.47 Å². The lowest BCUT2D eigenvalue weighted by Crippen LogP contribution is -2.51. The van der Waals surface area contributed by atoms with E-state index in [9.17, 15) is 0 Å². The van der Waals surface area contributed by atoms with Crippen molar-refractivity contribution in [2.24, 2.45) is 46.3 Å². The van der Waals surface area contributed by atoms with Crippen molar-refractivity contribution in [1.82, 2.24) is 0 Å². The van der Waals surface area contributed by atoms with Crippen LogP contribution in [0, 0.1) is 46.3 Å². The van der Waals surface area contributed by atoms with Crippen LogP contribution >= 0.6 is 11.6 Å². The molecule has 2 nitrogen and oxygen atoms in total. The number of benzene rings is 1. The second-order valence-electron chi connectivity index (χ2n) is 14.0. The number of hydrogen-bond donors (Lipinski definition) is 0. The van der Waals surface area contributed by atoms with Gasteiger partial charge in [0, 0.05) is 5.02 Å². The Balaban J connectivity index is 1.19. The third-order valence-corrected chi connectivity index (χ3v) is 11.9. The first kappa shape index (κ1) is 27.6. The van der Waals surface area contributed by atoms with Crippen molar-refractivity contribution in [2.45, 2.75) is 111 Å². The van der Waals surface area contributed by atoms with E-state index < -0.39 is 0 Å². The van der Waals surface area contributed by atoms with Gasteiger partial charge >= 0.3 is 0 Å². The summed E-state index contributed by atoms with van der Waals surface area (Å²) in [6.45, 7) is 13.0. The maximum Gasteiger partial charge on any atom is 0.189 e. The van der Waals surface area contributed by atoms with Gasteiger partial charge in [-0.2, -0.15) is 0 Å². The van der Waals surface area contributed by atoms with Crippen LogP contribution in [0.2, 0.25) is 5.02 Å². The molecule has 5 rings (SSSR count). The van der Waals surface area contributed by atoms with Crippen molar-refractivity contribution >= 4 is 11.6 Å². The average Bonchev–Trinajstić information content (AvgIpc) is 3.22. The third-order valence-electron chi connectivity index (χ3n) is 11.6. The van der Waals surface area contributed by atoms with E-state index in [1.807, 2.05) is 24.3 Å². The van der Waals surface area contributed by atoms with Crippen LogP contribution in [0.4, 0.5) is 0 Å². The number of ether oxygens (including phenoxy) is 2. The van der Waals surface area contributed by atoms with Gasteiger partial charge in [0.2, 0.25) is 0 Å². The molecule has 0 bridgehead atoms. The molecular formula is C34H51ClO2. The molecule has 0 saturated heterocycles. The molecule has 0 amide bonds. The monoisotopic (exact) mass is 526 g/mol. The van der Waals surface area contributed by atoms with E-state index in [0.717, 1.165) is 59.1 Å². The zero-order chi connectivity index (χ0) is 26.2. The van der Waals surface area contributed by atoms with Crippen LogP contribution in [0.5, 0.6) is 5.75 Å². The molecule has 3 heteroatoms. The molecule has 3 fully saturated rings. The van der Waals surface area contributed by atoms with Crippen LogP contribution in [-0.2, 0) is 4.74 Å². The Labute approximate surface area is 231 Å². The van der Waals surface area contributed by atoms with Crippen molar-refractivity contribution in [3.63, 3.8) is 0 Å². The van der Waals surface area contributed by atoms with E-state index >= 15 is 0 Å². The zero-order valence-electron chi connectivity index (χ0n) is 24.1. The molecule has 0 aromatic heterocycles. The molecule has 0 unspecified atom stereocenters. The van der Waals surface area contributed by atoms with Crippen LogP contribution in [0.15, 0.2) is 35.9 Å². The molecule has 0 heterocycles. The van der Waals surface area contributed by atoms with Gasteiger partial charge in [-0.3, -0.25) is 0 Å². The number of allylic oxidation sites excluding steroid dienone is 1. The minimum atomic E-state index is 0.277. The number of rotatable bonds is 9. The predicted molar refractivity (Wildman–Crippen MR) is 155 cm³/mol. The molecular weight excluding hydrogens is 476 g/mol. The van der Waals surface area contributed by atoms with E-state index in [1.54, 1.807) is 5.57 Å². The Hall–Kier alpha value is -0.990. The molecule has 1 aromatic carbocycles. The van der Waals surface area contributed by atoms with Crippen LogP contribution < -0.4 is 4.74 Å². The molecule has 4 aliphatic rings. The standard InChI is InChI=1S/C34H51ClO2/c1-23(2)7-6-8-24(3)30-15-16-31-29-14-9-25-21-28(37-22-36-27-12-10-26(35)11-13-27)17-19-33(25,4)32(29)18-20-34(30,31)5/h9-13,23-24,28-32H,6-8,14-22H2,1-5H3/t24-,28+,29+,30-,31+,32-,33+,34-/m1/s1. The summed E-state index contributed by atoms with van der Waals surface area (Å²) in [5.74, 6) is 6.18. The second-order valence-corrected chi connectivity index (χ2v) is 14.5. The van der Waals surface area contributed by atoms with Crippen LogP contribution in [0.3, 0.4) is 0 Å². The van der Waals surface area contributed by atoms with Crippen LogP contribution in [-0.4, -0.2) is 12.9 Å². The molecule has 3 saturated carbocycles. The lowest BCUT2D eigenvalue weighted by molar-refractivity contribution is -0.0814. The minimum Gasteiger partial charge on any atom is -0.468 e. The Morgan fingerprint density at radius 1 is 0.946 bits per heavy atom. The Morgan fingerprint density at radius 2 is 1.73 bits per heavy atom. The normalized spacial score (nSPS) is 37.9. The highest BCUT2D eigenvalue weighted by Crippen LogP contribution is 2.67. The Bertz CT molecular complexity index is 938. The average molecular weight is 527 g/mol. The summed E-state index contributed by atoms with van der Waals surface area (Å²) >= 11 is 5.99. The van der Waals surface area contributed by atoms with Gasteiger partial charge in [-0.05, 0) is 122 Å². The first-order valence-corrected chi connectivity index (χ1v) is 15.8. The molecule has 4 aliphatic carbocycles. The zero-order valence-corrected chi connectivity index (χ0v) is 24.9. The largest absolute Gasteiger partial charge is 0.468 e. The summed E-state index contributed by atoms with van der Waals surface area (Å²) in [5, 5.41) is 0.731. The predicted octanol–water partition coefficient (Wildman–Crippen LogP) is 10.1. The van der Waals surface area contributed by atoms with Gasteiger partial charge in [-0.25, -0.2) is 0 Å². The topological polar surface area (TPSA) is 18.5 Å². The number of halogens is 1. The van der Waals surface area contributed by atoms with E-state index in [-0.39, 0.29) is 6.10 Å². The van der Waals surface area contributed by atoms with E-state index in [0.29, 0.717) is 17.6 Å². The van der Waals surface area contributed by atoms with Crippen molar-refractivity contribution in [2.75, 3.05) is 6.79 Å². The molecule has 0 spiro atoms. The van der Waals surface area contributed by atoms with Gasteiger partial charge in [-0.15, -0.1) is 0 Å². The van der Waals surface area contributed by atoms with Gasteiger partial charge in [0.25, 0.3) is 0 Å². The summed E-state index contributed by atoms with van der Waals surface area (Å²) in [6.07, 6.45) is 17.8. The quantitative estimate of drug-likeness (QED) is 0.235. The third kappa shape index (κ3) is 5.54. The number of fused-ring (bicyclic) bond motifs is 5. The molecule has 8 atom stereocenters. The highest BCUT2D eigenvalue weighted by Gasteiger charge is 2.59. The highest BCUT2D eigenvalue weighted by molar-refractivity contribution is 6.30. The molecule has 0 aliphatic heterocycles. The first-order chi connectivity index (χ1) is 17.7. The lowest BCUT2D eigenvalue weighted by Gasteiger charge is -2.58. The maximum atomic E-state index is 6.22. The fourth-order valence-corrected chi connectivity index (χ4v) is 9.65. The van der Waals surface area contributed by atoms with E-state index in [4.69, 9.17) is 21.1 Å². The molecule has 1 aromatic rings. The van der Waals surface area contributed by atoms with Gasteiger partial charge in [0.15, 0.2) is 6.79 Å². The molecule has 0 N–H and O–H groups in total. The highest BCUT2D eigenvalue weighted by atomic mass is 35.5. The smallest absolute Gasteiger partial charge is 0.189 e. The van der Waals surface area contributed by atoms with E-state index in [2.05, 4.69) is 40.7 Å². The van der Waals surface area contributed by atoms with Gasteiger partial charge in [0.05, 0.1) is 6.10 Å². The second kappa shape index (κ2) is 11.2. The summed E-state index contributed by atoms with van der Waals surface area (Å²) in [7, 11) is 0. The Kier molecular flexibility index (Phi) is 8.38. The summed E-state index contributed by atoms with van der Waals surface area (Å²) < 4.78 is 12.1. The fraction of sp³-hybridized carbons (Fsp3) is 0.765. The summed E-state index contributed by atoms with van der Waals surface area (Å²) in [6, 6.07) is 7.54. The van der Waals surface area contributed by atoms with Crippen molar-refractivity contribution in [3.8, 4) is 5.75 Å². The Morgan fingerprint density at radius 3 is 2.49 bits per heavy atom. The molecule has 206 valence electrons. The summed E-state index contributed by atoms with van der Waals surface area (Å²) in [5.41, 5.74) is 2.64. The van der Waals surface area contributed by atoms with Crippen LogP contribution in [0.1, 0.15) is 105 Å². The molecule has 0 radical (unpaired) electrons. The number of hydrogen-bond acceptors (Lipinski definition) is 2. The first-order valence-electron chi connectivity index (χ1n) is 15.4. The van der Waals surface area contributed by atoms with Crippen molar-refractivity contribution in [1.29, 1.82) is 0 Å². The van der Waals surface area contributed by atoms with Gasteiger partial charge in [-0.1, -0.05) is 77.1 Å². The summed E-state index contributed by atoms with van der Waals surface area (Å²) in [4.78, 5) is 0. The minimum absolute atomic E-state index is 0.277. The van der Waals surface area contributed by atoms with Crippen LogP contribution in [0.25, 0.3) is 0 Å². The van der Waals surface area contributed by atoms with Crippen molar-refractivity contribution in [3.05, 3.63) is 40.9 Å². The molecule has 37 heavy (non-hydrogen) atoms. The SMILES string of the molecule is CC(C)CCC[C@@H](C)[C@H]1CC[C@H]2[C@@H]3CC=C4C[C@@H](OCOc5ccc(Cl)cc5)CC[C@]4(C)[C@@H]3CC[C@]12C. The van der Waals surface area contributed by atoms with Crippen molar-refractivity contribution < 1.29 is 9.47 Å². The van der Waals surface area contributed by atoms with E-state index in [1.165, 1.54) is 57.8 Å². The fourth-order valence-electron chi connectivity index (χ4n) is 9.52. The van der Waals surface area contributed by atoms with Gasteiger partial charge in [0.1, 0.15) is 5.75 Å². The lowest BCUT2D eigenvalue weighted by atomic mass is 9.47.